The molecule has 1 fully saturated rings. The molecule has 1 aromatic carbocycles. The van der Waals surface area contributed by atoms with Crippen molar-refractivity contribution >= 4 is 17.6 Å². The second-order valence-corrected chi connectivity index (χ2v) is 6.03. The first-order valence-corrected chi connectivity index (χ1v) is 7.54. The number of methoxy groups -OCH3 is 1. The summed E-state index contributed by atoms with van der Waals surface area (Å²) in [5, 5.41) is 15.0. The van der Waals surface area contributed by atoms with Gasteiger partial charge in [0.15, 0.2) is 0 Å². The number of amides is 1. The van der Waals surface area contributed by atoms with Gasteiger partial charge in [0.25, 0.3) is 0 Å². The smallest absolute Gasteiger partial charge is 0.339 e. The number of benzene rings is 1. The van der Waals surface area contributed by atoms with E-state index in [1.807, 2.05) is 13.0 Å². The minimum atomic E-state index is -0.822. The van der Waals surface area contributed by atoms with Crippen LogP contribution in [0.2, 0.25) is 0 Å². The number of rotatable bonds is 6. The molecule has 1 saturated carbocycles. The van der Waals surface area contributed by atoms with Crippen LogP contribution >= 0.6 is 0 Å². The van der Waals surface area contributed by atoms with Crippen molar-refractivity contribution < 1.29 is 14.3 Å². The van der Waals surface area contributed by atoms with Gasteiger partial charge in [-0.25, -0.2) is 4.79 Å². The Hall–Kier alpha value is -2.55. The molecule has 1 aromatic rings. The van der Waals surface area contributed by atoms with E-state index < -0.39 is 11.5 Å². The van der Waals surface area contributed by atoms with Gasteiger partial charge in [0.1, 0.15) is 5.54 Å². The lowest BCUT2D eigenvalue weighted by Gasteiger charge is -2.23. The van der Waals surface area contributed by atoms with Crippen LogP contribution in [0.15, 0.2) is 18.2 Å². The summed E-state index contributed by atoms with van der Waals surface area (Å²) in [6.45, 7) is 3.60. The Kier molecular flexibility index (Phi) is 4.89. The largest absolute Gasteiger partial charge is 0.465 e. The number of hydrogen-bond acceptors (Lipinski definition) is 5. The van der Waals surface area contributed by atoms with E-state index in [1.54, 1.807) is 19.1 Å². The molecule has 23 heavy (non-hydrogen) atoms. The van der Waals surface area contributed by atoms with Crippen molar-refractivity contribution in [1.82, 2.24) is 5.32 Å². The first-order chi connectivity index (χ1) is 10.9. The lowest BCUT2D eigenvalue weighted by Crippen LogP contribution is -2.48. The van der Waals surface area contributed by atoms with Crippen molar-refractivity contribution in [3.8, 4) is 6.07 Å². The number of aryl methyl sites for hydroxylation is 1. The van der Waals surface area contributed by atoms with Gasteiger partial charge < -0.3 is 15.4 Å². The topological polar surface area (TPSA) is 91.2 Å². The molecule has 2 N–H and O–H groups in total. The van der Waals surface area contributed by atoms with Gasteiger partial charge >= 0.3 is 5.97 Å². The monoisotopic (exact) mass is 315 g/mol. The van der Waals surface area contributed by atoms with Crippen LogP contribution in [-0.2, 0) is 9.53 Å². The summed E-state index contributed by atoms with van der Waals surface area (Å²) >= 11 is 0. The van der Waals surface area contributed by atoms with Gasteiger partial charge in [-0.3, -0.25) is 4.79 Å². The molecule has 6 nitrogen and oxygen atoms in total. The third kappa shape index (κ3) is 4.01. The van der Waals surface area contributed by atoms with Crippen molar-refractivity contribution in [2.45, 2.75) is 32.2 Å². The summed E-state index contributed by atoms with van der Waals surface area (Å²) in [4.78, 5) is 23.9. The van der Waals surface area contributed by atoms with Gasteiger partial charge in [-0.15, -0.1) is 0 Å². The molecule has 2 rings (SSSR count). The maximum atomic E-state index is 12.1. The molecule has 0 aromatic heterocycles. The minimum Gasteiger partial charge on any atom is -0.465 e. The molecule has 0 unspecified atom stereocenters. The molecule has 1 atom stereocenters. The molecule has 0 bridgehead atoms. The van der Waals surface area contributed by atoms with Crippen LogP contribution in [0, 0.1) is 24.2 Å². The average molecular weight is 315 g/mol. The average Bonchev–Trinajstić information content (AvgIpc) is 3.38. The fourth-order valence-corrected chi connectivity index (χ4v) is 2.48. The highest BCUT2D eigenvalue weighted by molar-refractivity contribution is 5.96. The molecule has 0 saturated heterocycles. The van der Waals surface area contributed by atoms with E-state index in [-0.39, 0.29) is 18.4 Å². The summed E-state index contributed by atoms with van der Waals surface area (Å²) in [5.41, 5.74) is 1.01. The van der Waals surface area contributed by atoms with Gasteiger partial charge in [-0.05, 0) is 44.7 Å². The first kappa shape index (κ1) is 16.8. The summed E-state index contributed by atoms with van der Waals surface area (Å²) in [7, 11) is 1.31. The Morgan fingerprint density at radius 3 is 2.70 bits per heavy atom. The molecular formula is C17H21N3O3. The van der Waals surface area contributed by atoms with Crippen molar-refractivity contribution in [3.63, 3.8) is 0 Å². The number of carbonyl (C=O) groups is 2. The van der Waals surface area contributed by atoms with Crippen LogP contribution in [0.1, 0.15) is 35.7 Å². The van der Waals surface area contributed by atoms with Crippen LogP contribution in [0.4, 0.5) is 5.69 Å². The van der Waals surface area contributed by atoms with E-state index in [0.29, 0.717) is 11.3 Å². The fraction of sp³-hybridized carbons (Fsp3) is 0.471. The molecule has 1 amide bonds. The number of anilines is 1. The molecule has 0 heterocycles. The highest BCUT2D eigenvalue weighted by Crippen LogP contribution is 2.39. The molecule has 0 radical (unpaired) electrons. The highest BCUT2D eigenvalue weighted by Gasteiger charge is 2.42. The van der Waals surface area contributed by atoms with E-state index in [1.165, 1.54) is 7.11 Å². The number of hydrogen-bond donors (Lipinski definition) is 2. The van der Waals surface area contributed by atoms with Gasteiger partial charge in [-0.1, -0.05) is 11.6 Å². The number of ether oxygens (including phenoxy) is 1. The number of carbonyl (C=O) groups excluding carboxylic acids is 2. The number of nitrogens with zero attached hydrogens (tertiary/aromatic N) is 1. The quantitative estimate of drug-likeness (QED) is 0.784. The molecule has 1 aliphatic carbocycles. The predicted molar refractivity (Wildman–Crippen MR) is 85.9 cm³/mol. The predicted octanol–water partition coefficient (Wildman–Crippen LogP) is 2.00. The number of esters is 1. The van der Waals surface area contributed by atoms with E-state index in [9.17, 15) is 14.9 Å². The molecule has 6 heteroatoms. The summed E-state index contributed by atoms with van der Waals surface area (Å²) < 4.78 is 4.75. The first-order valence-electron chi connectivity index (χ1n) is 7.54. The Bertz CT molecular complexity index is 662. The van der Waals surface area contributed by atoms with Gasteiger partial charge in [-0.2, -0.15) is 5.26 Å². The Labute approximate surface area is 135 Å². The number of nitriles is 1. The lowest BCUT2D eigenvalue weighted by molar-refractivity contribution is -0.120. The van der Waals surface area contributed by atoms with Gasteiger partial charge in [0, 0.05) is 5.69 Å². The number of nitrogens with one attached hydrogen (secondary N) is 2. The maximum absolute atomic E-state index is 12.1. The van der Waals surface area contributed by atoms with Crippen LogP contribution in [0.25, 0.3) is 0 Å². The summed E-state index contributed by atoms with van der Waals surface area (Å²) in [5.74, 6) is -0.518. The normalized spacial score (nSPS) is 15.9. The SMILES string of the molecule is COC(=O)c1cc(C)ccc1NCC(=O)N[C@](C)(C#N)C1CC1. The zero-order valence-corrected chi connectivity index (χ0v) is 13.6. The van der Waals surface area contributed by atoms with Crippen molar-refractivity contribution in [3.05, 3.63) is 29.3 Å². The van der Waals surface area contributed by atoms with Gasteiger partial charge in [0.05, 0.1) is 25.3 Å². The standard InChI is InChI=1S/C17H21N3O3/c1-11-4-7-14(13(8-11)16(22)23-3)19-9-15(21)20-17(2,10-18)12-5-6-12/h4,7-8,12,19H,5-6,9H2,1-3H3,(H,20,21)/t17-/m1/s1. The minimum absolute atomic E-state index is 0.0168. The Morgan fingerprint density at radius 1 is 1.43 bits per heavy atom. The zero-order valence-electron chi connectivity index (χ0n) is 13.6. The third-order valence-corrected chi connectivity index (χ3v) is 4.04. The van der Waals surface area contributed by atoms with Crippen molar-refractivity contribution in [1.29, 1.82) is 5.26 Å². The summed E-state index contributed by atoms with van der Waals surface area (Å²) in [6, 6.07) is 7.46. The third-order valence-electron chi connectivity index (χ3n) is 4.04. The van der Waals surface area contributed by atoms with E-state index in [0.717, 1.165) is 18.4 Å². The fourth-order valence-electron chi connectivity index (χ4n) is 2.48. The lowest BCUT2D eigenvalue weighted by atomic mass is 9.98. The van der Waals surface area contributed by atoms with Gasteiger partial charge in [0.2, 0.25) is 5.91 Å². The van der Waals surface area contributed by atoms with Crippen molar-refractivity contribution in [2.75, 3.05) is 19.0 Å². The van der Waals surface area contributed by atoms with Crippen molar-refractivity contribution in [2.24, 2.45) is 5.92 Å². The Balaban J connectivity index is 2.02. The zero-order chi connectivity index (χ0) is 17.0. The highest BCUT2D eigenvalue weighted by atomic mass is 16.5. The van der Waals surface area contributed by atoms with Crippen LogP contribution in [0.5, 0.6) is 0 Å². The molecule has 122 valence electrons. The van der Waals surface area contributed by atoms with E-state index in [2.05, 4.69) is 16.7 Å². The molecule has 0 aliphatic heterocycles. The van der Waals surface area contributed by atoms with E-state index in [4.69, 9.17) is 4.74 Å². The molecule has 1 aliphatic rings. The van der Waals surface area contributed by atoms with Crippen LogP contribution in [0.3, 0.4) is 0 Å². The van der Waals surface area contributed by atoms with Crippen LogP contribution < -0.4 is 10.6 Å². The van der Waals surface area contributed by atoms with E-state index >= 15 is 0 Å². The second-order valence-electron chi connectivity index (χ2n) is 6.03. The second kappa shape index (κ2) is 6.69. The van der Waals surface area contributed by atoms with Crippen LogP contribution in [-0.4, -0.2) is 31.1 Å². The molecular weight excluding hydrogens is 294 g/mol. The Morgan fingerprint density at radius 2 is 2.13 bits per heavy atom. The summed E-state index contributed by atoms with van der Waals surface area (Å²) in [6.07, 6.45) is 1.92. The maximum Gasteiger partial charge on any atom is 0.339 e. The molecule has 0 spiro atoms.